The third-order valence-corrected chi connectivity index (χ3v) is 5.54. The maximum absolute atomic E-state index is 13.0. The van der Waals surface area contributed by atoms with Crippen LogP contribution in [0, 0.1) is 5.92 Å². The topological polar surface area (TPSA) is 42.0 Å². The summed E-state index contributed by atoms with van der Waals surface area (Å²) in [5, 5.41) is 0.679. The van der Waals surface area contributed by atoms with Crippen LogP contribution in [0.3, 0.4) is 0 Å². The van der Waals surface area contributed by atoms with Crippen molar-refractivity contribution < 1.29 is 14.3 Å². The fourth-order valence-corrected chi connectivity index (χ4v) is 3.95. The fourth-order valence-electron chi connectivity index (χ4n) is 3.76. The molecule has 1 fully saturated rings. The van der Waals surface area contributed by atoms with E-state index in [0.29, 0.717) is 18.1 Å². The molecule has 0 N–H and O–H groups in total. The van der Waals surface area contributed by atoms with Gasteiger partial charge in [-0.25, -0.2) is 0 Å². The Bertz CT molecular complexity index is 817. The van der Waals surface area contributed by atoms with Crippen molar-refractivity contribution in [1.29, 1.82) is 0 Å². The molecule has 4 rings (SSSR count). The van der Waals surface area contributed by atoms with Crippen LogP contribution in [0.2, 0.25) is 5.02 Å². The average Bonchev–Trinajstić information content (AvgIpc) is 2.73. The molecule has 0 radical (unpaired) electrons. The summed E-state index contributed by atoms with van der Waals surface area (Å²) in [7, 11) is 1.67. The van der Waals surface area contributed by atoms with Crippen LogP contribution in [0.1, 0.15) is 5.56 Å². The summed E-state index contributed by atoms with van der Waals surface area (Å²) >= 11 is 6.08. The maximum atomic E-state index is 13.0. The molecule has 142 valence electrons. The lowest BCUT2D eigenvalue weighted by Gasteiger charge is -2.38. The summed E-state index contributed by atoms with van der Waals surface area (Å²) < 4.78 is 11.0. The number of nitrogens with zero attached hydrogens (tertiary/aromatic N) is 2. The van der Waals surface area contributed by atoms with Gasteiger partial charge in [0, 0.05) is 36.9 Å². The third kappa shape index (κ3) is 3.83. The molecular weight excluding hydrogens is 364 g/mol. The number of amides is 1. The first-order valence-corrected chi connectivity index (χ1v) is 9.61. The van der Waals surface area contributed by atoms with Gasteiger partial charge in [0.25, 0.3) is 0 Å². The van der Waals surface area contributed by atoms with Crippen LogP contribution < -0.4 is 14.4 Å². The molecule has 2 aliphatic rings. The van der Waals surface area contributed by atoms with Crippen LogP contribution in [0.25, 0.3) is 0 Å². The van der Waals surface area contributed by atoms with Crippen LogP contribution in [-0.2, 0) is 11.2 Å². The first-order chi connectivity index (χ1) is 13.1. The normalized spacial score (nSPS) is 19.3. The number of rotatable bonds is 3. The Kier molecular flexibility index (Phi) is 5.12. The zero-order chi connectivity index (χ0) is 18.8. The molecule has 27 heavy (non-hydrogen) atoms. The summed E-state index contributed by atoms with van der Waals surface area (Å²) in [5.41, 5.74) is 2.18. The van der Waals surface area contributed by atoms with Crippen LogP contribution in [0.5, 0.6) is 11.5 Å². The van der Waals surface area contributed by atoms with Gasteiger partial charge in [0.15, 0.2) is 0 Å². The second-order valence-electron chi connectivity index (χ2n) is 6.97. The summed E-state index contributed by atoms with van der Waals surface area (Å²) in [5.74, 6) is 1.73. The second-order valence-corrected chi connectivity index (χ2v) is 7.41. The number of carbonyl (C=O) groups is 1. The van der Waals surface area contributed by atoms with Crippen molar-refractivity contribution in [3.05, 3.63) is 53.1 Å². The van der Waals surface area contributed by atoms with Gasteiger partial charge in [0.2, 0.25) is 5.91 Å². The van der Waals surface area contributed by atoms with Crippen LogP contribution >= 0.6 is 11.6 Å². The highest BCUT2D eigenvalue weighted by molar-refractivity contribution is 6.30. The van der Waals surface area contributed by atoms with Crippen molar-refractivity contribution in [2.75, 3.05) is 44.8 Å². The Morgan fingerprint density at radius 1 is 1.11 bits per heavy atom. The average molecular weight is 387 g/mol. The van der Waals surface area contributed by atoms with Crippen molar-refractivity contribution in [2.45, 2.75) is 6.42 Å². The van der Waals surface area contributed by atoms with Crippen LogP contribution in [0.15, 0.2) is 42.5 Å². The summed E-state index contributed by atoms with van der Waals surface area (Å²) in [4.78, 5) is 17.2. The van der Waals surface area contributed by atoms with Gasteiger partial charge in [-0.05, 0) is 54.4 Å². The Morgan fingerprint density at radius 3 is 2.56 bits per heavy atom. The van der Waals surface area contributed by atoms with E-state index in [1.165, 1.54) is 0 Å². The first kappa shape index (κ1) is 18.0. The standard InChI is InChI=1S/C21H23ClN2O3/c1-26-19-5-3-18(4-6-19)23-8-10-24(11-9-23)21(25)16-12-15-13-17(22)2-7-20(15)27-14-16/h2-7,13,16H,8-12,14H2,1H3/t16-/m1/s1. The van der Waals surface area contributed by atoms with E-state index < -0.39 is 0 Å². The lowest BCUT2D eigenvalue weighted by molar-refractivity contribution is -0.137. The highest BCUT2D eigenvalue weighted by atomic mass is 35.5. The van der Waals surface area contributed by atoms with Gasteiger partial charge in [-0.15, -0.1) is 0 Å². The van der Waals surface area contributed by atoms with Gasteiger partial charge >= 0.3 is 0 Å². The number of methoxy groups -OCH3 is 1. The molecule has 1 saturated heterocycles. The molecule has 0 bridgehead atoms. The van der Waals surface area contributed by atoms with Gasteiger partial charge < -0.3 is 19.3 Å². The highest BCUT2D eigenvalue weighted by Gasteiger charge is 2.31. The van der Waals surface area contributed by atoms with Crippen LogP contribution in [-0.4, -0.2) is 50.7 Å². The molecule has 2 aromatic rings. The van der Waals surface area contributed by atoms with E-state index in [1.807, 2.05) is 35.2 Å². The number of piperazine rings is 1. The molecule has 0 spiro atoms. The summed E-state index contributed by atoms with van der Waals surface area (Å²) in [6.07, 6.45) is 0.688. The number of ether oxygens (including phenoxy) is 2. The van der Waals surface area contributed by atoms with E-state index >= 15 is 0 Å². The number of hydrogen-bond acceptors (Lipinski definition) is 4. The smallest absolute Gasteiger partial charge is 0.229 e. The summed E-state index contributed by atoms with van der Waals surface area (Å²) in [6, 6.07) is 13.7. The Hall–Kier alpha value is -2.40. The van der Waals surface area contributed by atoms with Crippen molar-refractivity contribution in [1.82, 2.24) is 4.90 Å². The minimum Gasteiger partial charge on any atom is -0.497 e. The maximum Gasteiger partial charge on any atom is 0.229 e. The van der Waals surface area contributed by atoms with Crippen molar-refractivity contribution in [3.63, 3.8) is 0 Å². The predicted octanol–water partition coefficient (Wildman–Crippen LogP) is 3.25. The highest BCUT2D eigenvalue weighted by Crippen LogP contribution is 2.31. The third-order valence-electron chi connectivity index (χ3n) is 5.31. The molecule has 1 atom stereocenters. The van der Waals surface area contributed by atoms with Crippen molar-refractivity contribution >= 4 is 23.2 Å². The predicted molar refractivity (Wildman–Crippen MR) is 106 cm³/mol. The lowest BCUT2D eigenvalue weighted by atomic mass is 9.95. The Labute approximate surface area is 164 Å². The minimum atomic E-state index is -0.136. The van der Waals surface area contributed by atoms with Crippen molar-refractivity contribution in [3.8, 4) is 11.5 Å². The molecule has 6 heteroatoms. The molecule has 2 heterocycles. The van der Waals surface area contributed by atoms with E-state index in [0.717, 1.165) is 48.9 Å². The fraction of sp³-hybridized carbons (Fsp3) is 0.381. The molecule has 5 nitrogen and oxygen atoms in total. The first-order valence-electron chi connectivity index (χ1n) is 9.23. The molecule has 2 aliphatic heterocycles. The molecule has 0 aliphatic carbocycles. The zero-order valence-electron chi connectivity index (χ0n) is 15.4. The molecule has 0 aromatic heterocycles. The van der Waals surface area contributed by atoms with Gasteiger partial charge in [-0.2, -0.15) is 0 Å². The van der Waals surface area contributed by atoms with Crippen molar-refractivity contribution in [2.24, 2.45) is 5.92 Å². The monoisotopic (exact) mass is 386 g/mol. The van der Waals surface area contributed by atoms with E-state index in [-0.39, 0.29) is 11.8 Å². The zero-order valence-corrected chi connectivity index (χ0v) is 16.1. The largest absolute Gasteiger partial charge is 0.497 e. The molecule has 0 unspecified atom stereocenters. The van der Waals surface area contributed by atoms with Gasteiger partial charge in [0.1, 0.15) is 18.1 Å². The number of benzene rings is 2. The summed E-state index contributed by atoms with van der Waals surface area (Å²) in [6.45, 7) is 3.54. The van der Waals surface area contributed by atoms with Gasteiger partial charge in [-0.3, -0.25) is 4.79 Å². The van der Waals surface area contributed by atoms with Gasteiger partial charge in [0.05, 0.1) is 13.0 Å². The SMILES string of the molecule is COc1ccc(N2CCN(C(=O)[C@H]3COc4ccc(Cl)cc4C3)CC2)cc1. The number of hydrogen-bond donors (Lipinski definition) is 0. The van der Waals surface area contributed by atoms with E-state index in [2.05, 4.69) is 17.0 Å². The Morgan fingerprint density at radius 2 is 1.85 bits per heavy atom. The number of halogens is 1. The quantitative estimate of drug-likeness (QED) is 0.812. The molecule has 0 saturated carbocycles. The van der Waals surface area contributed by atoms with E-state index in [1.54, 1.807) is 7.11 Å². The molecule has 1 amide bonds. The lowest BCUT2D eigenvalue weighted by Crippen LogP contribution is -2.51. The number of fused-ring (bicyclic) bond motifs is 1. The molecular formula is C21H23ClN2O3. The number of carbonyl (C=O) groups excluding carboxylic acids is 1. The number of anilines is 1. The molecule has 2 aromatic carbocycles. The van der Waals surface area contributed by atoms with E-state index in [9.17, 15) is 4.79 Å². The van der Waals surface area contributed by atoms with Crippen LogP contribution in [0.4, 0.5) is 5.69 Å². The minimum absolute atomic E-state index is 0.136. The Balaban J connectivity index is 1.36. The van der Waals surface area contributed by atoms with E-state index in [4.69, 9.17) is 21.1 Å². The second kappa shape index (κ2) is 7.69. The van der Waals surface area contributed by atoms with Gasteiger partial charge in [-0.1, -0.05) is 11.6 Å².